The molecule has 5 heteroatoms. The van der Waals surface area contributed by atoms with E-state index in [9.17, 15) is 20.3 Å². The van der Waals surface area contributed by atoms with Crippen molar-refractivity contribution >= 4 is 16.5 Å². The second-order valence-electron chi connectivity index (χ2n) is 5.35. The molecule has 0 radical (unpaired) electrons. The smallest absolute Gasteiger partial charge is 0.311 e. The molecule has 5 nitrogen and oxygen atoms in total. The van der Waals surface area contributed by atoms with E-state index in [0.717, 1.165) is 16.3 Å². The molecule has 0 aliphatic rings. The van der Waals surface area contributed by atoms with E-state index in [0.29, 0.717) is 12.0 Å². The summed E-state index contributed by atoms with van der Waals surface area (Å²) in [7, 11) is 0. The molecule has 0 heterocycles. The number of nitro benzene ring substituents is 1. The minimum absolute atomic E-state index is 0.162. The molecule has 3 aromatic rings. The molecule has 0 amide bonds. The van der Waals surface area contributed by atoms with Crippen molar-refractivity contribution in [2.75, 3.05) is 0 Å². The van der Waals surface area contributed by atoms with Crippen LogP contribution in [0.3, 0.4) is 0 Å². The molecule has 2 N–H and O–H groups in total. The topological polar surface area (TPSA) is 83.6 Å². The second-order valence-corrected chi connectivity index (χ2v) is 5.35. The van der Waals surface area contributed by atoms with Gasteiger partial charge in [0.15, 0.2) is 5.75 Å². The Hall–Kier alpha value is -2.92. The molecule has 0 aromatic heterocycles. The number of nitro groups is 1. The van der Waals surface area contributed by atoms with Crippen LogP contribution in [0.25, 0.3) is 10.8 Å². The first-order valence-corrected chi connectivity index (χ1v) is 7.17. The molecular weight excluding hydrogens is 294 g/mol. The lowest BCUT2D eigenvalue weighted by Crippen LogP contribution is -1.98. The maximum Gasteiger partial charge on any atom is 0.311 e. The van der Waals surface area contributed by atoms with Crippen molar-refractivity contribution in [1.29, 1.82) is 0 Å². The summed E-state index contributed by atoms with van der Waals surface area (Å²) in [4.78, 5) is 10.4. The van der Waals surface area contributed by atoms with E-state index in [2.05, 4.69) is 0 Å². The Morgan fingerprint density at radius 3 is 2.48 bits per heavy atom. The highest BCUT2D eigenvalue weighted by Gasteiger charge is 2.19. The number of aliphatic hydroxyl groups excluding tert-OH is 1. The molecule has 116 valence electrons. The Morgan fingerprint density at radius 1 is 1.00 bits per heavy atom. The normalized spacial score (nSPS) is 10.8. The fraction of sp³-hybridized carbons (Fsp3) is 0.111. The fourth-order valence-electron chi connectivity index (χ4n) is 2.77. The minimum Gasteiger partial charge on any atom is -0.502 e. The van der Waals surface area contributed by atoms with Crippen LogP contribution >= 0.6 is 0 Å². The maximum atomic E-state index is 11.1. The lowest BCUT2D eigenvalue weighted by Gasteiger charge is -2.09. The Kier molecular flexibility index (Phi) is 3.95. The summed E-state index contributed by atoms with van der Waals surface area (Å²) >= 11 is 0. The van der Waals surface area contributed by atoms with Gasteiger partial charge in [0.05, 0.1) is 11.5 Å². The predicted octanol–water partition coefficient (Wildman–Crippen LogP) is 3.54. The highest BCUT2D eigenvalue weighted by Crippen LogP contribution is 2.32. The SMILES string of the molecule is O=[N+]([O-])c1cc(Cc2cccc3ccccc23)cc(CO)c1O. The summed E-state index contributed by atoms with van der Waals surface area (Å²) in [6.07, 6.45) is 0.482. The summed E-state index contributed by atoms with van der Waals surface area (Å²) in [5, 5.41) is 32.4. The number of phenols is 1. The van der Waals surface area contributed by atoms with Crippen LogP contribution in [-0.2, 0) is 13.0 Å². The standard InChI is InChI=1S/C18H15NO4/c20-11-15-9-12(10-17(18(15)21)19(22)23)8-14-6-3-5-13-4-1-2-7-16(13)14/h1-7,9-10,20-21H,8,11H2. The minimum atomic E-state index is -0.638. The number of rotatable bonds is 4. The molecular formula is C18H15NO4. The molecule has 0 saturated carbocycles. The Balaban J connectivity index is 2.08. The van der Waals surface area contributed by atoms with Gasteiger partial charge < -0.3 is 10.2 Å². The number of hydrogen-bond donors (Lipinski definition) is 2. The van der Waals surface area contributed by atoms with Crippen molar-refractivity contribution in [3.05, 3.63) is 81.4 Å². The molecule has 3 rings (SSSR count). The third-order valence-electron chi connectivity index (χ3n) is 3.87. The van der Waals surface area contributed by atoms with Crippen LogP contribution in [0.2, 0.25) is 0 Å². The predicted molar refractivity (Wildman–Crippen MR) is 87.4 cm³/mol. The van der Waals surface area contributed by atoms with Gasteiger partial charge in [-0.25, -0.2) is 0 Å². The van der Waals surface area contributed by atoms with Crippen molar-refractivity contribution in [3.63, 3.8) is 0 Å². The molecule has 0 unspecified atom stereocenters. The molecule has 0 spiro atoms. The van der Waals surface area contributed by atoms with Crippen molar-refractivity contribution in [2.45, 2.75) is 13.0 Å². The molecule has 0 fully saturated rings. The van der Waals surface area contributed by atoms with Gasteiger partial charge in [-0.15, -0.1) is 0 Å². The van der Waals surface area contributed by atoms with Crippen LogP contribution in [0.1, 0.15) is 16.7 Å². The molecule has 0 bridgehead atoms. The van der Waals surface area contributed by atoms with E-state index in [-0.39, 0.29) is 11.3 Å². The average molecular weight is 309 g/mol. The van der Waals surface area contributed by atoms with E-state index >= 15 is 0 Å². The van der Waals surface area contributed by atoms with E-state index in [1.165, 1.54) is 6.07 Å². The summed E-state index contributed by atoms with van der Waals surface area (Å²) in [6.45, 7) is -0.448. The van der Waals surface area contributed by atoms with Crippen LogP contribution in [0.4, 0.5) is 5.69 Å². The maximum absolute atomic E-state index is 11.1. The van der Waals surface area contributed by atoms with Crippen molar-refractivity contribution in [3.8, 4) is 5.75 Å². The van der Waals surface area contributed by atoms with Crippen LogP contribution in [-0.4, -0.2) is 15.1 Å². The number of fused-ring (bicyclic) bond motifs is 1. The van der Waals surface area contributed by atoms with Crippen LogP contribution in [0.15, 0.2) is 54.6 Å². The zero-order valence-electron chi connectivity index (χ0n) is 12.3. The Morgan fingerprint density at radius 2 is 1.74 bits per heavy atom. The van der Waals surface area contributed by atoms with Gasteiger partial charge in [-0.3, -0.25) is 10.1 Å². The van der Waals surface area contributed by atoms with E-state index < -0.39 is 17.3 Å². The van der Waals surface area contributed by atoms with Gasteiger partial charge in [0.1, 0.15) is 0 Å². The highest BCUT2D eigenvalue weighted by atomic mass is 16.6. The Labute approximate surface area is 132 Å². The fourth-order valence-corrected chi connectivity index (χ4v) is 2.77. The van der Waals surface area contributed by atoms with Crippen LogP contribution in [0.5, 0.6) is 5.75 Å². The van der Waals surface area contributed by atoms with Crippen molar-refractivity contribution in [1.82, 2.24) is 0 Å². The molecule has 0 aliphatic carbocycles. The van der Waals surface area contributed by atoms with Crippen LogP contribution in [0, 0.1) is 10.1 Å². The summed E-state index contributed by atoms with van der Waals surface area (Å²) in [6, 6.07) is 16.8. The molecule has 23 heavy (non-hydrogen) atoms. The first-order chi connectivity index (χ1) is 11.1. The van der Waals surface area contributed by atoms with Gasteiger partial charge in [0, 0.05) is 11.6 Å². The van der Waals surface area contributed by atoms with Crippen LogP contribution < -0.4 is 0 Å². The summed E-state index contributed by atoms with van der Waals surface area (Å²) in [5.74, 6) is -0.473. The van der Waals surface area contributed by atoms with Gasteiger partial charge in [0.2, 0.25) is 0 Å². The molecule has 3 aromatic carbocycles. The average Bonchev–Trinajstić information content (AvgIpc) is 2.56. The Bertz CT molecular complexity index is 884. The highest BCUT2D eigenvalue weighted by molar-refractivity contribution is 5.86. The quantitative estimate of drug-likeness (QED) is 0.570. The first kappa shape index (κ1) is 15.0. The number of aromatic hydroxyl groups is 1. The van der Waals surface area contributed by atoms with E-state index in [4.69, 9.17) is 0 Å². The molecule has 0 saturated heterocycles. The van der Waals surface area contributed by atoms with Gasteiger partial charge in [0.25, 0.3) is 0 Å². The first-order valence-electron chi connectivity index (χ1n) is 7.17. The third kappa shape index (κ3) is 2.86. The number of nitrogens with zero attached hydrogens (tertiary/aromatic N) is 1. The number of benzene rings is 3. The largest absolute Gasteiger partial charge is 0.502 e. The van der Waals surface area contributed by atoms with Crippen molar-refractivity contribution < 1.29 is 15.1 Å². The number of aliphatic hydroxyl groups is 1. The van der Waals surface area contributed by atoms with Gasteiger partial charge in [-0.05, 0) is 34.4 Å². The van der Waals surface area contributed by atoms with E-state index in [1.807, 2.05) is 42.5 Å². The van der Waals surface area contributed by atoms with E-state index in [1.54, 1.807) is 6.07 Å². The summed E-state index contributed by atoms with van der Waals surface area (Å²) in [5.41, 5.74) is 1.49. The molecule has 0 atom stereocenters. The zero-order valence-corrected chi connectivity index (χ0v) is 12.3. The van der Waals surface area contributed by atoms with Gasteiger partial charge >= 0.3 is 5.69 Å². The lowest BCUT2D eigenvalue weighted by molar-refractivity contribution is -0.386. The number of hydrogen-bond acceptors (Lipinski definition) is 4. The van der Waals surface area contributed by atoms with Gasteiger partial charge in [-0.2, -0.15) is 0 Å². The lowest BCUT2D eigenvalue weighted by atomic mass is 9.97. The zero-order chi connectivity index (χ0) is 16.4. The second kappa shape index (κ2) is 6.06. The molecule has 0 aliphatic heterocycles. The van der Waals surface area contributed by atoms with Gasteiger partial charge in [-0.1, -0.05) is 42.5 Å². The summed E-state index contributed by atoms with van der Waals surface area (Å²) < 4.78 is 0. The van der Waals surface area contributed by atoms with Crippen molar-refractivity contribution in [2.24, 2.45) is 0 Å². The third-order valence-corrected chi connectivity index (χ3v) is 3.87. The monoisotopic (exact) mass is 309 g/mol.